The maximum atomic E-state index is 8.86. The van der Waals surface area contributed by atoms with Crippen molar-refractivity contribution in [3.63, 3.8) is 0 Å². The van der Waals surface area contributed by atoms with Gasteiger partial charge in [0.05, 0.1) is 6.20 Å². The van der Waals surface area contributed by atoms with Gasteiger partial charge in [-0.25, -0.2) is 4.98 Å². The van der Waals surface area contributed by atoms with Gasteiger partial charge in [-0.3, -0.25) is 0 Å². The number of thioether (sulfide) groups is 1. The SMILES string of the molecule is CCCC/C(=N\O)c1cnnc(SC)n1. The van der Waals surface area contributed by atoms with Gasteiger partial charge in [0.15, 0.2) is 0 Å². The van der Waals surface area contributed by atoms with Crippen LogP contribution in [0.3, 0.4) is 0 Å². The third-order valence-electron chi connectivity index (χ3n) is 1.91. The summed E-state index contributed by atoms with van der Waals surface area (Å²) in [5, 5.41) is 20.3. The fraction of sp³-hybridized carbons (Fsp3) is 0.556. The maximum Gasteiger partial charge on any atom is 0.209 e. The zero-order chi connectivity index (χ0) is 11.1. The van der Waals surface area contributed by atoms with E-state index in [1.54, 1.807) is 0 Å². The van der Waals surface area contributed by atoms with Crippen LogP contribution >= 0.6 is 11.8 Å². The van der Waals surface area contributed by atoms with Crippen LogP contribution in [0, 0.1) is 0 Å². The molecular formula is C9H14N4OS. The van der Waals surface area contributed by atoms with Gasteiger partial charge in [0.1, 0.15) is 11.4 Å². The zero-order valence-electron chi connectivity index (χ0n) is 8.84. The molecule has 0 unspecified atom stereocenters. The molecule has 0 aliphatic heterocycles. The predicted octanol–water partition coefficient (Wildman–Crippen LogP) is 1.96. The zero-order valence-corrected chi connectivity index (χ0v) is 9.66. The largest absolute Gasteiger partial charge is 0.411 e. The normalized spacial score (nSPS) is 11.7. The summed E-state index contributed by atoms with van der Waals surface area (Å²) in [6, 6.07) is 0. The first-order chi connectivity index (χ1) is 7.31. The third kappa shape index (κ3) is 3.47. The molecule has 15 heavy (non-hydrogen) atoms. The Morgan fingerprint density at radius 1 is 1.60 bits per heavy atom. The van der Waals surface area contributed by atoms with Crippen molar-refractivity contribution in [2.75, 3.05) is 6.26 Å². The summed E-state index contributed by atoms with van der Waals surface area (Å²) in [5.74, 6) is 0. The number of aromatic nitrogens is 3. The molecule has 1 aromatic rings. The van der Waals surface area contributed by atoms with Crippen LogP contribution < -0.4 is 0 Å². The van der Waals surface area contributed by atoms with E-state index in [0.29, 0.717) is 23.0 Å². The molecule has 0 spiro atoms. The summed E-state index contributed by atoms with van der Waals surface area (Å²) < 4.78 is 0. The standard InChI is InChI=1S/C9H14N4OS/c1-3-4-5-7(13-14)8-6-10-12-9(11-8)15-2/h6,14H,3-5H2,1-2H3/b13-7+. The van der Waals surface area contributed by atoms with E-state index in [1.807, 2.05) is 6.26 Å². The second kappa shape index (κ2) is 6.34. The van der Waals surface area contributed by atoms with Gasteiger partial charge in [-0.2, -0.15) is 5.10 Å². The molecule has 1 N–H and O–H groups in total. The molecule has 0 aliphatic carbocycles. The second-order valence-corrected chi connectivity index (χ2v) is 3.75. The molecule has 0 atom stereocenters. The Hall–Kier alpha value is -1.17. The number of hydrogen-bond acceptors (Lipinski definition) is 6. The molecule has 0 amide bonds. The Labute approximate surface area is 93.0 Å². The number of nitrogens with zero attached hydrogens (tertiary/aromatic N) is 4. The molecule has 5 nitrogen and oxygen atoms in total. The lowest BCUT2D eigenvalue weighted by Gasteiger charge is -2.02. The van der Waals surface area contributed by atoms with Crippen LogP contribution in [0.2, 0.25) is 0 Å². The summed E-state index contributed by atoms with van der Waals surface area (Å²) in [7, 11) is 0. The van der Waals surface area contributed by atoms with Crippen molar-refractivity contribution in [2.24, 2.45) is 5.16 Å². The molecule has 0 aromatic carbocycles. The minimum Gasteiger partial charge on any atom is -0.411 e. The van der Waals surface area contributed by atoms with E-state index in [4.69, 9.17) is 5.21 Å². The van der Waals surface area contributed by atoms with Crippen LogP contribution in [-0.2, 0) is 0 Å². The first-order valence-electron chi connectivity index (χ1n) is 4.76. The second-order valence-electron chi connectivity index (χ2n) is 2.98. The smallest absolute Gasteiger partial charge is 0.209 e. The molecule has 0 fully saturated rings. The van der Waals surface area contributed by atoms with E-state index in [1.165, 1.54) is 18.0 Å². The van der Waals surface area contributed by atoms with E-state index >= 15 is 0 Å². The van der Waals surface area contributed by atoms with E-state index < -0.39 is 0 Å². The van der Waals surface area contributed by atoms with Crippen molar-refractivity contribution < 1.29 is 5.21 Å². The summed E-state index contributed by atoms with van der Waals surface area (Å²) in [4.78, 5) is 4.21. The van der Waals surface area contributed by atoms with Gasteiger partial charge in [0, 0.05) is 0 Å². The minimum atomic E-state index is 0.571. The van der Waals surface area contributed by atoms with Gasteiger partial charge in [-0.15, -0.1) is 5.10 Å². The summed E-state index contributed by atoms with van der Waals surface area (Å²) in [5.41, 5.74) is 1.17. The Bertz CT molecular complexity index is 343. The van der Waals surface area contributed by atoms with Gasteiger partial charge in [-0.05, 0) is 19.1 Å². The van der Waals surface area contributed by atoms with Crippen molar-refractivity contribution in [1.29, 1.82) is 0 Å². The van der Waals surface area contributed by atoms with Crippen LogP contribution in [0.5, 0.6) is 0 Å². The molecule has 0 saturated carbocycles. The van der Waals surface area contributed by atoms with Crippen molar-refractivity contribution in [3.8, 4) is 0 Å². The number of oxime groups is 1. The number of hydrogen-bond donors (Lipinski definition) is 1. The lowest BCUT2D eigenvalue weighted by molar-refractivity contribution is 0.317. The molecule has 1 aromatic heterocycles. The van der Waals surface area contributed by atoms with Crippen molar-refractivity contribution in [2.45, 2.75) is 31.3 Å². The first kappa shape index (κ1) is 11.9. The van der Waals surface area contributed by atoms with Gasteiger partial charge in [-0.1, -0.05) is 30.3 Å². The van der Waals surface area contributed by atoms with Gasteiger partial charge < -0.3 is 5.21 Å². The Morgan fingerprint density at radius 3 is 3.00 bits per heavy atom. The highest BCUT2D eigenvalue weighted by Crippen LogP contribution is 2.09. The molecule has 0 bridgehead atoms. The third-order valence-corrected chi connectivity index (χ3v) is 2.44. The summed E-state index contributed by atoms with van der Waals surface area (Å²) in [6.45, 7) is 2.08. The van der Waals surface area contributed by atoms with Crippen LogP contribution in [0.4, 0.5) is 0 Å². The summed E-state index contributed by atoms with van der Waals surface area (Å²) >= 11 is 1.41. The molecule has 0 aliphatic rings. The van der Waals surface area contributed by atoms with Gasteiger partial charge in [0.25, 0.3) is 0 Å². The van der Waals surface area contributed by atoms with Crippen LogP contribution in [0.15, 0.2) is 16.5 Å². The van der Waals surface area contributed by atoms with Crippen LogP contribution in [0.25, 0.3) is 0 Å². The molecule has 1 rings (SSSR count). The van der Waals surface area contributed by atoms with Crippen molar-refractivity contribution in [3.05, 3.63) is 11.9 Å². The molecular weight excluding hydrogens is 212 g/mol. The fourth-order valence-electron chi connectivity index (χ4n) is 1.09. The van der Waals surface area contributed by atoms with Gasteiger partial charge in [0.2, 0.25) is 5.16 Å². The molecule has 82 valence electrons. The number of unbranched alkanes of at least 4 members (excludes halogenated alkanes) is 1. The van der Waals surface area contributed by atoms with Crippen molar-refractivity contribution in [1.82, 2.24) is 15.2 Å². The Morgan fingerprint density at radius 2 is 2.40 bits per heavy atom. The van der Waals surface area contributed by atoms with E-state index in [2.05, 4.69) is 27.3 Å². The lowest BCUT2D eigenvalue weighted by atomic mass is 10.1. The minimum absolute atomic E-state index is 0.571. The van der Waals surface area contributed by atoms with Crippen molar-refractivity contribution >= 4 is 17.5 Å². The maximum absolute atomic E-state index is 8.86. The van der Waals surface area contributed by atoms with Gasteiger partial charge >= 0.3 is 0 Å². The first-order valence-corrected chi connectivity index (χ1v) is 5.99. The van der Waals surface area contributed by atoms with E-state index in [-0.39, 0.29) is 0 Å². The highest BCUT2D eigenvalue weighted by molar-refractivity contribution is 7.98. The average Bonchev–Trinajstić information content (AvgIpc) is 2.30. The highest BCUT2D eigenvalue weighted by Gasteiger charge is 2.07. The average molecular weight is 226 g/mol. The van der Waals surface area contributed by atoms with Crippen LogP contribution in [-0.4, -0.2) is 32.4 Å². The topological polar surface area (TPSA) is 71.3 Å². The lowest BCUT2D eigenvalue weighted by Crippen LogP contribution is -2.06. The Kier molecular flexibility index (Phi) is 5.03. The molecule has 0 radical (unpaired) electrons. The molecule has 1 heterocycles. The van der Waals surface area contributed by atoms with E-state index in [0.717, 1.165) is 12.8 Å². The predicted molar refractivity (Wildman–Crippen MR) is 59.5 cm³/mol. The highest BCUT2D eigenvalue weighted by atomic mass is 32.2. The summed E-state index contributed by atoms with van der Waals surface area (Å²) in [6.07, 6.45) is 6.12. The number of rotatable bonds is 5. The van der Waals surface area contributed by atoms with Crippen LogP contribution in [0.1, 0.15) is 31.9 Å². The monoisotopic (exact) mass is 226 g/mol. The molecule has 6 heteroatoms. The van der Waals surface area contributed by atoms with E-state index in [9.17, 15) is 0 Å². The molecule has 0 saturated heterocycles. The fourth-order valence-corrected chi connectivity index (χ4v) is 1.40. The quantitative estimate of drug-likeness (QED) is 0.359. The Balaban J connectivity index is 2.82.